The predicted molar refractivity (Wildman–Crippen MR) is 111 cm³/mol. The molecule has 8 heteroatoms. The van der Waals surface area contributed by atoms with E-state index in [4.69, 9.17) is 4.74 Å². The monoisotopic (exact) mass is 400 g/mol. The van der Waals surface area contributed by atoms with Crippen LogP contribution in [0, 0.1) is 6.92 Å². The van der Waals surface area contributed by atoms with Crippen LogP contribution in [0.1, 0.15) is 26.8 Å². The third-order valence-corrected chi connectivity index (χ3v) is 6.00. The molecular formula is C20H24N4O3S. The first-order valence-electron chi connectivity index (χ1n) is 8.86. The van der Waals surface area contributed by atoms with Crippen molar-refractivity contribution in [2.24, 2.45) is 7.05 Å². The first-order chi connectivity index (χ1) is 13.3. The van der Waals surface area contributed by atoms with Crippen LogP contribution in [0.5, 0.6) is 5.75 Å². The zero-order valence-electron chi connectivity index (χ0n) is 16.6. The average Bonchev–Trinajstić information content (AvgIpc) is 3.02. The van der Waals surface area contributed by atoms with Crippen LogP contribution in [-0.4, -0.2) is 48.1 Å². The maximum Gasteiger partial charge on any atom is 0.262 e. The van der Waals surface area contributed by atoms with Gasteiger partial charge in [-0.05, 0) is 44.3 Å². The lowest BCUT2D eigenvalue weighted by Crippen LogP contribution is -2.34. The number of hydrogen-bond acceptors (Lipinski definition) is 6. The van der Waals surface area contributed by atoms with Gasteiger partial charge in [0.1, 0.15) is 10.6 Å². The largest absolute Gasteiger partial charge is 0.497 e. The summed E-state index contributed by atoms with van der Waals surface area (Å²) < 4.78 is 6.64. The van der Waals surface area contributed by atoms with E-state index in [1.165, 1.54) is 22.2 Å². The third-order valence-electron chi connectivity index (χ3n) is 4.80. The number of hydrogen-bond donors (Lipinski definition) is 1. The third kappa shape index (κ3) is 3.79. The number of likely N-dealkylation sites (N-methyl/N-ethyl adjacent to an activating group) is 1. The molecular weight excluding hydrogens is 376 g/mol. The van der Waals surface area contributed by atoms with Crippen LogP contribution in [0.15, 0.2) is 35.4 Å². The SMILES string of the molecule is COc1ccc(C(CNC(=O)c2sc3ncn(C)c(=O)c3c2C)N(C)C)cc1. The van der Waals surface area contributed by atoms with Crippen molar-refractivity contribution in [2.75, 3.05) is 27.7 Å². The molecule has 1 amide bonds. The van der Waals surface area contributed by atoms with E-state index < -0.39 is 0 Å². The summed E-state index contributed by atoms with van der Waals surface area (Å²) in [7, 11) is 7.23. The smallest absolute Gasteiger partial charge is 0.262 e. The molecule has 1 atom stereocenters. The van der Waals surface area contributed by atoms with Crippen LogP contribution in [0.25, 0.3) is 10.2 Å². The number of aromatic nitrogens is 2. The van der Waals surface area contributed by atoms with Crippen LogP contribution in [0.2, 0.25) is 0 Å². The van der Waals surface area contributed by atoms with E-state index in [9.17, 15) is 9.59 Å². The molecule has 1 N–H and O–H groups in total. The number of fused-ring (bicyclic) bond motifs is 1. The van der Waals surface area contributed by atoms with Crippen LogP contribution in [-0.2, 0) is 7.05 Å². The Balaban J connectivity index is 1.81. The number of ether oxygens (including phenoxy) is 1. The first-order valence-corrected chi connectivity index (χ1v) is 9.68. The van der Waals surface area contributed by atoms with Gasteiger partial charge in [0, 0.05) is 13.6 Å². The molecule has 2 heterocycles. The van der Waals surface area contributed by atoms with Crippen molar-refractivity contribution < 1.29 is 9.53 Å². The number of carbonyl (C=O) groups is 1. The molecule has 28 heavy (non-hydrogen) atoms. The van der Waals surface area contributed by atoms with Crippen molar-refractivity contribution in [1.29, 1.82) is 0 Å². The highest BCUT2D eigenvalue weighted by molar-refractivity contribution is 7.20. The molecule has 0 spiro atoms. The van der Waals surface area contributed by atoms with Crippen molar-refractivity contribution in [1.82, 2.24) is 19.8 Å². The van der Waals surface area contributed by atoms with Crippen molar-refractivity contribution in [2.45, 2.75) is 13.0 Å². The van der Waals surface area contributed by atoms with E-state index >= 15 is 0 Å². The lowest BCUT2D eigenvalue weighted by atomic mass is 10.1. The fourth-order valence-corrected chi connectivity index (χ4v) is 4.18. The molecule has 3 aromatic rings. The van der Waals surface area contributed by atoms with Crippen LogP contribution < -0.4 is 15.6 Å². The summed E-state index contributed by atoms with van der Waals surface area (Å²) in [6.45, 7) is 2.24. The number of rotatable bonds is 6. The highest BCUT2D eigenvalue weighted by Crippen LogP contribution is 2.27. The van der Waals surface area contributed by atoms with E-state index in [2.05, 4.69) is 15.2 Å². The molecule has 148 valence electrons. The molecule has 0 radical (unpaired) electrons. The molecule has 1 aromatic carbocycles. The van der Waals surface area contributed by atoms with Crippen LogP contribution in [0.3, 0.4) is 0 Å². The van der Waals surface area contributed by atoms with E-state index in [0.717, 1.165) is 11.3 Å². The van der Waals surface area contributed by atoms with Crippen molar-refractivity contribution in [3.63, 3.8) is 0 Å². The predicted octanol–water partition coefficient (Wildman–Crippen LogP) is 2.34. The summed E-state index contributed by atoms with van der Waals surface area (Å²) in [4.78, 5) is 32.6. The van der Waals surface area contributed by atoms with E-state index in [1.54, 1.807) is 21.1 Å². The van der Waals surface area contributed by atoms with Gasteiger partial charge in [-0.15, -0.1) is 11.3 Å². The summed E-state index contributed by atoms with van der Waals surface area (Å²) in [5, 5.41) is 3.52. The highest BCUT2D eigenvalue weighted by Gasteiger charge is 2.21. The molecule has 3 rings (SSSR count). The fourth-order valence-electron chi connectivity index (χ4n) is 3.12. The maximum atomic E-state index is 12.8. The van der Waals surface area contributed by atoms with Gasteiger partial charge in [0.15, 0.2) is 0 Å². The Morgan fingerprint density at radius 3 is 2.61 bits per heavy atom. The molecule has 0 fully saturated rings. The lowest BCUT2D eigenvalue weighted by Gasteiger charge is -2.25. The van der Waals surface area contributed by atoms with Gasteiger partial charge in [0.05, 0.1) is 29.7 Å². The zero-order chi connectivity index (χ0) is 20.4. The molecule has 1 unspecified atom stereocenters. The Kier molecular flexibility index (Phi) is 5.81. The van der Waals surface area contributed by atoms with Crippen LogP contribution in [0.4, 0.5) is 0 Å². The molecule has 0 aliphatic heterocycles. The van der Waals surface area contributed by atoms with Gasteiger partial charge in [-0.25, -0.2) is 4.98 Å². The molecule has 0 saturated heterocycles. The lowest BCUT2D eigenvalue weighted by molar-refractivity contribution is 0.0945. The average molecular weight is 401 g/mol. The standard InChI is InChI=1S/C20H24N4O3S/c1-12-16-19(22-11-24(4)20(16)26)28-17(12)18(25)21-10-15(23(2)3)13-6-8-14(27-5)9-7-13/h6-9,11,15H,10H2,1-5H3,(H,21,25). The number of amides is 1. The van der Waals surface area contributed by atoms with Gasteiger partial charge >= 0.3 is 0 Å². The molecule has 0 aliphatic rings. The maximum absolute atomic E-state index is 12.8. The Bertz CT molecular complexity index is 1050. The minimum Gasteiger partial charge on any atom is -0.497 e. The van der Waals surface area contributed by atoms with Gasteiger partial charge in [0.25, 0.3) is 11.5 Å². The minimum atomic E-state index is -0.192. The number of methoxy groups -OCH3 is 1. The summed E-state index contributed by atoms with van der Waals surface area (Å²) in [6.07, 6.45) is 1.48. The quantitative estimate of drug-likeness (QED) is 0.687. The number of nitrogens with zero attached hydrogens (tertiary/aromatic N) is 3. The molecule has 7 nitrogen and oxygen atoms in total. The van der Waals surface area contributed by atoms with Gasteiger partial charge in [-0.3, -0.25) is 9.59 Å². The normalized spacial score (nSPS) is 12.4. The van der Waals surface area contributed by atoms with Gasteiger partial charge in [-0.2, -0.15) is 0 Å². The molecule has 0 bridgehead atoms. The summed E-state index contributed by atoms with van der Waals surface area (Å²) in [5.74, 6) is 0.600. The first kappa shape index (κ1) is 20.0. The molecule has 0 aliphatic carbocycles. The molecule has 2 aromatic heterocycles. The van der Waals surface area contributed by atoms with Gasteiger partial charge < -0.3 is 19.5 Å². The second-order valence-corrected chi connectivity index (χ2v) is 7.86. The number of thiophene rings is 1. The van der Waals surface area contributed by atoms with Crippen molar-refractivity contribution in [3.8, 4) is 5.75 Å². The number of benzene rings is 1. The number of nitrogens with one attached hydrogen (secondary N) is 1. The Hall–Kier alpha value is -2.71. The van der Waals surface area contributed by atoms with E-state index in [1.807, 2.05) is 38.4 Å². The van der Waals surface area contributed by atoms with E-state index in [0.29, 0.717) is 27.2 Å². The number of carbonyl (C=O) groups excluding carboxylic acids is 1. The Labute approximate surface area is 167 Å². The van der Waals surface area contributed by atoms with Gasteiger partial charge in [0.2, 0.25) is 0 Å². The van der Waals surface area contributed by atoms with Gasteiger partial charge in [-0.1, -0.05) is 12.1 Å². The Morgan fingerprint density at radius 1 is 1.32 bits per heavy atom. The zero-order valence-corrected chi connectivity index (χ0v) is 17.5. The second kappa shape index (κ2) is 8.12. The number of aryl methyl sites for hydroxylation is 2. The molecule has 0 saturated carbocycles. The fraction of sp³-hybridized carbons (Fsp3) is 0.350. The highest BCUT2D eigenvalue weighted by atomic mass is 32.1. The summed E-state index contributed by atoms with van der Waals surface area (Å²) in [6, 6.07) is 7.81. The van der Waals surface area contributed by atoms with E-state index in [-0.39, 0.29) is 17.5 Å². The van der Waals surface area contributed by atoms with Crippen molar-refractivity contribution >= 4 is 27.5 Å². The topological polar surface area (TPSA) is 76.5 Å². The summed E-state index contributed by atoms with van der Waals surface area (Å²) in [5.41, 5.74) is 1.62. The Morgan fingerprint density at radius 2 is 2.00 bits per heavy atom. The summed E-state index contributed by atoms with van der Waals surface area (Å²) >= 11 is 1.25. The minimum absolute atomic E-state index is 0.00975. The second-order valence-electron chi connectivity index (χ2n) is 6.86. The van der Waals surface area contributed by atoms with Crippen molar-refractivity contribution in [3.05, 3.63) is 57.0 Å². The van der Waals surface area contributed by atoms with Crippen LogP contribution >= 0.6 is 11.3 Å².